The van der Waals surface area contributed by atoms with Crippen LogP contribution in [0.1, 0.15) is 11.1 Å². The van der Waals surface area contributed by atoms with Gasteiger partial charge in [-0.15, -0.1) is 0 Å². The van der Waals surface area contributed by atoms with Crippen molar-refractivity contribution in [1.82, 2.24) is 5.32 Å². The van der Waals surface area contributed by atoms with Gasteiger partial charge in [0.1, 0.15) is 18.4 Å². The second kappa shape index (κ2) is 9.12. The van der Waals surface area contributed by atoms with E-state index in [0.29, 0.717) is 0 Å². The van der Waals surface area contributed by atoms with Gasteiger partial charge in [-0.1, -0.05) is 49.0 Å². The van der Waals surface area contributed by atoms with Crippen LogP contribution in [0.4, 0.5) is 4.79 Å². The minimum atomic E-state index is -0.939. The van der Waals surface area contributed by atoms with Gasteiger partial charge in [0.25, 0.3) is 0 Å². The number of esters is 1. The van der Waals surface area contributed by atoms with Gasteiger partial charge in [0.15, 0.2) is 0 Å². The molecular weight excluding hydrogens is 322 g/mol. The van der Waals surface area contributed by atoms with E-state index in [0.717, 1.165) is 17.4 Å². The maximum Gasteiger partial charge on any atom is 0.408 e. The first-order valence-corrected chi connectivity index (χ1v) is 7.65. The number of phenolic OH excluding ortho intramolecular Hbond substituents is 1. The molecule has 1 atom stereocenters. The number of carbonyl (C=O) groups is 2. The topological polar surface area (TPSA) is 84.9 Å². The molecule has 0 spiro atoms. The van der Waals surface area contributed by atoms with Gasteiger partial charge >= 0.3 is 12.1 Å². The third-order valence-corrected chi connectivity index (χ3v) is 3.37. The number of phenols is 1. The van der Waals surface area contributed by atoms with E-state index in [2.05, 4.69) is 11.9 Å². The van der Waals surface area contributed by atoms with Crippen LogP contribution in [-0.2, 0) is 27.3 Å². The van der Waals surface area contributed by atoms with Gasteiger partial charge in [0.2, 0.25) is 0 Å². The van der Waals surface area contributed by atoms with E-state index in [4.69, 9.17) is 9.47 Å². The van der Waals surface area contributed by atoms with Crippen LogP contribution in [0, 0.1) is 0 Å². The minimum Gasteiger partial charge on any atom is -0.508 e. The molecule has 0 aliphatic rings. The molecule has 6 heteroatoms. The molecule has 0 heterocycles. The Kier molecular flexibility index (Phi) is 6.59. The second-order valence-electron chi connectivity index (χ2n) is 5.23. The summed E-state index contributed by atoms with van der Waals surface area (Å²) in [5.41, 5.74) is 1.58. The smallest absolute Gasteiger partial charge is 0.408 e. The monoisotopic (exact) mass is 341 g/mol. The number of benzene rings is 2. The Balaban J connectivity index is 1.97. The normalized spacial score (nSPS) is 11.2. The van der Waals surface area contributed by atoms with Gasteiger partial charge in [-0.3, -0.25) is 0 Å². The number of aromatic hydroxyl groups is 1. The van der Waals surface area contributed by atoms with E-state index < -0.39 is 18.1 Å². The minimum absolute atomic E-state index is 0.0924. The van der Waals surface area contributed by atoms with Crippen LogP contribution in [-0.4, -0.2) is 23.2 Å². The molecule has 0 radical (unpaired) electrons. The molecule has 0 fully saturated rings. The lowest BCUT2D eigenvalue weighted by molar-refractivity contribution is -0.140. The molecule has 1 amide bonds. The number of amides is 1. The second-order valence-corrected chi connectivity index (χ2v) is 5.23. The third kappa shape index (κ3) is 6.02. The van der Waals surface area contributed by atoms with Crippen molar-refractivity contribution >= 4 is 12.1 Å². The molecule has 2 N–H and O–H groups in total. The molecule has 130 valence electrons. The summed E-state index contributed by atoms with van der Waals surface area (Å²) in [6.07, 6.45) is 0.463. The number of alkyl carbamates (subject to hydrolysis) is 1. The van der Waals surface area contributed by atoms with Crippen molar-refractivity contribution in [3.63, 3.8) is 0 Å². The molecule has 2 aromatic carbocycles. The molecule has 0 aliphatic heterocycles. The van der Waals surface area contributed by atoms with Gasteiger partial charge in [-0.05, 0) is 23.3 Å². The van der Waals surface area contributed by atoms with E-state index in [1.54, 1.807) is 12.1 Å². The zero-order chi connectivity index (χ0) is 18.1. The highest BCUT2D eigenvalue weighted by Crippen LogP contribution is 2.12. The van der Waals surface area contributed by atoms with Crippen molar-refractivity contribution in [2.75, 3.05) is 0 Å². The lowest BCUT2D eigenvalue weighted by Crippen LogP contribution is -2.43. The quantitative estimate of drug-likeness (QED) is 0.597. The summed E-state index contributed by atoms with van der Waals surface area (Å²) >= 11 is 0. The fourth-order valence-electron chi connectivity index (χ4n) is 2.13. The Labute approximate surface area is 145 Å². The summed E-state index contributed by atoms with van der Waals surface area (Å²) in [5, 5.41) is 11.8. The molecule has 2 aromatic rings. The number of carbonyl (C=O) groups excluding carboxylic acids is 2. The Morgan fingerprint density at radius 3 is 2.40 bits per heavy atom. The van der Waals surface area contributed by atoms with E-state index in [1.807, 2.05) is 30.3 Å². The fraction of sp³-hybridized carbons (Fsp3) is 0.158. The van der Waals surface area contributed by atoms with Gasteiger partial charge < -0.3 is 19.9 Å². The van der Waals surface area contributed by atoms with Crippen LogP contribution in [0.5, 0.6) is 5.75 Å². The first kappa shape index (κ1) is 18.1. The summed E-state index contributed by atoms with van der Waals surface area (Å²) in [4.78, 5) is 24.0. The Hall–Kier alpha value is -3.28. The van der Waals surface area contributed by atoms with Crippen LogP contribution in [0.15, 0.2) is 67.4 Å². The Bertz CT molecular complexity index is 712. The van der Waals surface area contributed by atoms with Crippen molar-refractivity contribution in [2.24, 2.45) is 0 Å². The van der Waals surface area contributed by atoms with Crippen molar-refractivity contribution in [3.8, 4) is 5.75 Å². The molecule has 0 unspecified atom stereocenters. The zero-order valence-electron chi connectivity index (χ0n) is 13.6. The molecule has 6 nitrogen and oxygen atoms in total. The van der Waals surface area contributed by atoms with Crippen molar-refractivity contribution in [2.45, 2.75) is 19.1 Å². The molecule has 25 heavy (non-hydrogen) atoms. The molecule has 2 rings (SSSR count). The number of ether oxygens (including phenoxy) is 2. The maximum absolute atomic E-state index is 12.0. The predicted octanol–water partition coefficient (Wildman–Crippen LogP) is 2.92. The Morgan fingerprint density at radius 2 is 1.76 bits per heavy atom. The van der Waals surface area contributed by atoms with Gasteiger partial charge in [0, 0.05) is 6.42 Å². The highest BCUT2D eigenvalue weighted by Gasteiger charge is 2.23. The van der Waals surface area contributed by atoms with Crippen LogP contribution in [0.2, 0.25) is 0 Å². The number of hydrogen-bond acceptors (Lipinski definition) is 5. The van der Waals surface area contributed by atoms with Crippen LogP contribution < -0.4 is 5.32 Å². The standard InChI is InChI=1S/C19H19NO5/c1-2-24-18(22)17(12-14-8-10-16(21)11-9-14)20-19(23)25-13-15-6-4-3-5-7-15/h2-11,17,21H,1,12-13H2,(H,20,23)/t17-/m0/s1. The molecule has 0 aromatic heterocycles. The van der Waals surface area contributed by atoms with E-state index >= 15 is 0 Å². The lowest BCUT2D eigenvalue weighted by Gasteiger charge is -2.16. The van der Waals surface area contributed by atoms with Crippen molar-refractivity contribution < 1.29 is 24.2 Å². The largest absolute Gasteiger partial charge is 0.508 e. The molecule has 0 bridgehead atoms. The number of rotatable bonds is 7. The SMILES string of the molecule is C=COC(=O)[C@H](Cc1ccc(O)cc1)NC(=O)OCc1ccccc1. The predicted molar refractivity (Wildman–Crippen MR) is 91.7 cm³/mol. The third-order valence-electron chi connectivity index (χ3n) is 3.37. The summed E-state index contributed by atoms with van der Waals surface area (Å²) in [6.45, 7) is 3.43. The van der Waals surface area contributed by atoms with Gasteiger partial charge in [0.05, 0.1) is 6.26 Å². The summed E-state index contributed by atoms with van der Waals surface area (Å²) in [7, 11) is 0. The van der Waals surface area contributed by atoms with Crippen LogP contribution in [0.25, 0.3) is 0 Å². The highest BCUT2D eigenvalue weighted by atomic mass is 16.6. The first-order valence-electron chi connectivity index (χ1n) is 7.65. The van der Waals surface area contributed by atoms with Crippen molar-refractivity contribution in [1.29, 1.82) is 0 Å². The molecular formula is C19H19NO5. The van der Waals surface area contributed by atoms with E-state index in [9.17, 15) is 14.7 Å². The lowest BCUT2D eigenvalue weighted by atomic mass is 10.1. The molecule has 0 saturated carbocycles. The molecule has 0 saturated heterocycles. The molecule has 0 aliphatic carbocycles. The maximum atomic E-state index is 12.0. The number of hydrogen-bond donors (Lipinski definition) is 2. The van der Waals surface area contributed by atoms with Crippen molar-refractivity contribution in [3.05, 3.63) is 78.6 Å². The zero-order valence-corrected chi connectivity index (χ0v) is 13.6. The number of nitrogens with one attached hydrogen (secondary N) is 1. The Morgan fingerprint density at radius 1 is 1.08 bits per heavy atom. The van der Waals surface area contributed by atoms with Crippen LogP contribution >= 0.6 is 0 Å². The van der Waals surface area contributed by atoms with E-state index in [-0.39, 0.29) is 18.8 Å². The fourth-order valence-corrected chi connectivity index (χ4v) is 2.13. The summed E-state index contributed by atoms with van der Waals surface area (Å²) in [6, 6.07) is 14.6. The summed E-state index contributed by atoms with van der Waals surface area (Å²) in [5.74, 6) is -0.538. The summed E-state index contributed by atoms with van der Waals surface area (Å²) < 4.78 is 9.89. The van der Waals surface area contributed by atoms with Crippen LogP contribution in [0.3, 0.4) is 0 Å². The highest BCUT2D eigenvalue weighted by molar-refractivity contribution is 5.82. The van der Waals surface area contributed by atoms with E-state index in [1.165, 1.54) is 12.1 Å². The average Bonchev–Trinajstić information content (AvgIpc) is 2.62. The average molecular weight is 341 g/mol. The first-order chi connectivity index (χ1) is 12.1. The van der Waals surface area contributed by atoms with Gasteiger partial charge in [-0.2, -0.15) is 0 Å². The van der Waals surface area contributed by atoms with Gasteiger partial charge in [-0.25, -0.2) is 9.59 Å².